The fourth-order valence-electron chi connectivity index (χ4n) is 1.64. The first-order valence-corrected chi connectivity index (χ1v) is 6.02. The summed E-state index contributed by atoms with van der Waals surface area (Å²) in [6.45, 7) is 2.36. The number of carbonyl (C=O) groups excluding carboxylic acids is 1. The van der Waals surface area contributed by atoms with Crippen LogP contribution in [0.1, 0.15) is 38.2 Å². The third-order valence-electron chi connectivity index (χ3n) is 2.56. The molecule has 0 fully saturated rings. The summed E-state index contributed by atoms with van der Waals surface area (Å²) >= 11 is 0. The van der Waals surface area contributed by atoms with E-state index in [1.54, 1.807) is 0 Å². The highest BCUT2D eigenvalue weighted by atomic mass is 16.5. The van der Waals surface area contributed by atoms with Gasteiger partial charge in [-0.1, -0.05) is 38.3 Å². The molecule has 0 aromatic heterocycles. The molecule has 0 atom stereocenters. The van der Waals surface area contributed by atoms with Crippen molar-refractivity contribution in [1.29, 1.82) is 0 Å². The Balaban J connectivity index is 2.30. The van der Waals surface area contributed by atoms with Crippen molar-refractivity contribution >= 4 is 6.29 Å². The van der Waals surface area contributed by atoms with Crippen molar-refractivity contribution in [1.82, 2.24) is 0 Å². The minimum absolute atomic E-state index is 0.135. The smallest absolute Gasteiger partial charge is 0.157 e. The van der Waals surface area contributed by atoms with Crippen LogP contribution >= 0.6 is 0 Å². The van der Waals surface area contributed by atoms with Crippen molar-refractivity contribution in [3.8, 4) is 5.75 Å². The number of benzene rings is 1. The van der Waals surface area contributed by atoms with E-state index in [1.165, 1.54) is 31.2 Å². The molecule has 1 aromatic carbocycles. The summed E-state index contributed by atoms with van der Waals surface area (Å²) in [5.74, 6) is 0.768. The molecule has 0 aliphatic carbocycles. The molecule has 2 heteroatoms. The Bertz CT molecular complexity index is 290. The van der Waals surface area contributed by atoms with Gasteiger partial charge in [0.1, 0.15) is 12.4 Å². The molecule has 0 heterocycles. The van der Waals surface area contributed by atoms with Gasteiger partial charge in [-0.25, -0.2) is 0 Å². The summed E-state index contributed by atoms with van der Waals surface area (Å²) in [6.07, 6.45) is 7.05. The molecule has 1 aromatic rings. The fraction of sp³-hybridized carbons (Fsp3) is 0.500. The largest absolute Gasteiger partial charge is 0.486 e. The van der Waals surface area contributed by atoms with Crippen LogP contribution < -0.4 is 4.74 Å². The highest BCUT2D eigenvalue weighted by Crippen LogP contribution is 2.14. The number of hydrogen-bond acceptors (Lipinski definition) is 2. The quantitative estimate of drug-likeness (QED) is 0.496. The Morgan fingerprint density at radius 3 is 2.50 bits per heavy atom. The number of rotatable bonds is 8. The van der Waals surface area contributed by atoms with Crippen LogP contribution in [0.4, 0.5) is 0 Å². The van der Waals surface area contributed by atoms with Gasteiger partial charge in [0, 0.05) is 0 Å². The van der Waals surface area contributed by atoms with Gasteiger partial charge in [0.25, 0.3) is 0 Å². The van der Waals surface area contributed by atoms with Gasteiger partial charge in [-0.05, 0) is 30.5 Å². The van der Waals surface area contributed by atoms with Crippen molar-refractivity contribution in [3.63, 3.8) is 0 Å². The molecule has 0 aliphatic heterocycles. The molecule has 0 saturated carbocycles. The molecule has 0 saturated heterocycles. The van der Waals surface area contributed by atoms with Gasteiger partial charge in [0.2, 0.25) is 0 Å². The van der Waals surface area contributed by atoms with E-state index in [0.717, 1.165) is 18.5 Å². The second-order valence-electron chi connectivity index (χ2n) is 3.93. The third kappa shape index (κ3) is 4.96. The lowest BCUT2D eigenvalue weighted by atomic mass is 10.1. The Hall–Kier alpha value is -1.31. The molecule has 88 valence electrons. The van der Waals surface area contributed by atoms with Gasteiger partial charge in [-0.2, -0.15) is 0 Å². The second-order valence-corrected chi connectivity index (χ2v) is 3.93. The van der Waals surface area contributed by atoms with Crippen LogP contribution in [0.25, 0.3) is 0 Å². The minimum Gasteiger partial charge on any atom is -0.486 e. The first-order chi connectivity index (χ1) is 7.86. The normalized spacial score (nSPS) is 10.1. The molecule has 1 rings (SSSR count). The van der Waals surface area contributed by atoms with Crippen LogP contribution in [0.15, 0.2) is 24.3 Å². The number of aryl methyl sites for hydroxylation is 1. The molecule has 2 nitrogen and oxygen atoms in total. The van der Waals surface area contributed by atoms with Crippen LogP contribution in [0, 0.1) is 0 Å². The maximum atomic E-state index is 10.1. The third-order valence-corrected chi connectivity index (χ3v) is 2.56. The van der Waals surface area contributed by atoms with E-state index in [-0.39, 0.29) is 6.61 Å². The summed E-state index contributed by atoms with van der Waals surface area (Å²) in [4.78, 5) is 10.1. The van der Waals surface area contributed by atoms with Crippen LogP contribution in [-0.4, -0.2) is 12.9 Å². The molecule has 0 amide bonds. The SMILES string of the molecule is CCCCCCc1ccc(OCC=O)cc1. The van der Waals surface area contributed by atoms with Crippen LogP contribution in [0.5, 0.6) is 5.75 Å². The molecule has 16 heavy (non-hydrogen) atoms. The van der Waals surface area contributed by atoms with E-state index in [9.17, 15) is 4.79 Å². The van der Waals surface area contributed by atoms with Crippen molar-refractivity contribution in [2.75, 3.05) is 6.61 Å². The molecule has 0 radical (unpaired) electrons. The van der Waals surface area contributed by atoms with Crippen molar-refractivity contribution in [2.45, 2.75) is 39.0 Å². The molecule has 0 N–H and O–H groups in total. The van der Waals surface area contributed by atoms with Gasteiger partial charge in [0.15, 0.2) is 6.29 Å². The van der Waals surface area contributed by atoms with Gasteiger partial charge in [0.05, 0.1) is 0 Å². The number of ether oxygens (including phenoxy) is 1. The molecule has 0 bridgehead atoms. The van der Waals surface area contributed by atoms with E-state index >= 15 is 0 Å². The molecule has 0 aliphatic rings. The Labute approximate surface area is 97.6 Å². The lowest BCUT2D eigenvalue weighted by Gasteiger charge is -2.04. The zero-order chi connectivity index (χ0) is 11.6. The van der Waals surface area contributed by atoms with E-state index in [1.807, 2.05) is 12.1 Å². The highest BCUT2D eigenvalue weighted by molar-refractivity contribution is 5.51. The van der Waals surface area contributed by atoms with Crippen LogP contribution in [0.3, 0.4) is 0 Å². The first-order valence-electron chi connectivity index (χ1n) is 6.02. The first kappa shape index (κ1) is 12.8. The number of unbranched alkanes of at least 4 members (excludes halogenated alkanes) is 3. The zero-order valence-corrected chi connectivity index (χ0v) is 9.95. The summed E-state index contributed by atoms with van der Waals surface area (Å²) in [6, 6.07) is 8.01. The van der Waals surface area contributed by atoms with Gasteiger partial charge >= 0.3 is 0 Å². The predicted molar refractivity (Wildman–Crippen MR) is 65.8 cm³/mol. The minimum atomic E-state index is 0.135. The Morgan fingerprint density at radius 2 is 1.88 bits per heavy atom. The fourth-order valence-corrected chi connectivity index (χ4v) is 1.64. The van der Waals surface area contributed by atoms with Crippen LogP contribution in [-0.2, 0) is 11.2 Å². The van der Waals surface area contributed by atoms with E-state index in [2.05, 4.69) is 19.1 Å². The Morgan fingerprint density at radius 1 is 1.12 bits per heavy atom. The maximum absolute atomic E-state index is 10.1. The van der Waals surface area contributed by atoms with Crippen molar-refractivity contribution in [3.05, 3.63) is 29.8 Å². The number of aldehydes is 1. The van der Waals surface area contributed by atoms with E-state index in [4.69, 9.17) is 4.74 Å². The van der Waals surface area contributed by atoms with E-state index < -0.39 is 0 Å². The molecular formula is C14H20O2. The zero-order valence-electron chi connectivity index (χ0n) is 9.95. The summed E-state index contributed by atoms with van der Waals surface area (Å²) < 4.78 is 5.19. The van der Waals surface area contributed by atoms with Crippen molar-refractivity contribution < 1.29 is 9.53 Å². The highest BCUT2D eigenvalue weighted by Gasteiger charge is 1.95. The van der Waals surface area contributed by atoms with Gasteiger partial charge < -0.3 is 4.74 Å². The average molecular weight is 220 g/mol. The molecular weight excluding hydrogens is 200 g/mol. The summed E-state index contributed by atoms with van der Waals surface area (Å²) in [7, 11) is 0. The van der Waals surface area contributed by atoms with E-state index in [0.29, 0.717) is 0 Å². The monoisotopic (exact) mass is 220 g/mol. The standard InChI is InChI=1S/C14H20O2/c1-2-3-4-5-6-13-7-9-14(10-8-13)16-12-11-15/h7-11H,2-6,12H2,1H3. The van der Waals surface area contributed by atoms with Gasteiger partial charge in [-0.15, -0.1) is 0 Å². The van der Waals surface area contributed by atoms with Gasteiger partial charge in [-0.3, -0.25) is 4.79 Å². The van der Waals surface area contributed by atoms with Crippen LogP contribution in [0.2, 0.25) is 0 Å². The summed E-state index contributed by atoms with van der Waals surface area (Å²) in [5, 5.41) is 0. The predicted octanol–water partition coefficient (Wildman–Crippen LogP) is 3.39. The maximum Gasteiger partial charge on any atom is 0.157 e. The lowest BCUT2D eigenvalue weighted by molar-refractivity contribution is -0.109. The topological polar surface area (TPSA) is 26.3 Å². The number of hydrogen-bond donors (Lipinski definition) is 0. The number of carbonyl (C=O) groups is 1. The average Bonchev–Trinajstić information content (AvgIpc) is 2.33. The van der Waals surface area contributed by atoms with Crippen molar-refractivity contribution in [2.24, 2.45) is 0 Å². The lowest BCUT2D eigenvalue weighted by Crippen LogP contribution is -1.97. The molecule has 0 spiro atoms. The Kier molecular flexibility index (Phi) is 6.31. The molecule has 0 unspecified atom stereocenters. The second kappa shape index (κ2) is 7.91. The summed E-state index contributed by atoms with van der Waals surface area (Å²) in [5.41, 5.74) is 1.34.